The Morgan fingerprint density at radius 2 is 0.800 bits per heavy atom. The molecule has 0 amide bonds. The third kappa shape index (κ3) is 3.01. The number of fused-ring (bicyclic) bond motifs is 8. The van der Waals surface area contributed by atoms with E-state index in [1.807, 2.05) is 36.5 Å². The fourth-order valence-electron chi connectivity index (χ4n) is 6.29. The van der Waals surface area contributed by atoms with E-state index >= 15 is 0 Å². The molecule has 0 saturated carbocycles. The van der Waals surface area contributed by atoms with Gasteiger partial charge in [-0.25, -0.2) is 0 Å². The summed E-state index contributed by atoms with van der Waals surface area (Å²) in [6, 6.07) is 13.1. The van der Waals surface area contributed by atoms with Crippen molar-refractivity contribution in [1.82, 2.24) is 0 Å². The smallest absolute Gasteiger partial charge is 0.195 e. The van der Waals surface area contributed by atoms with E-state index < -0.39 is 0 Å². The average Bonchev–Trinajstić information content (AvgIpc) is 3.71. The van der Waals surface area contributed by atoms with Crippen molar-refractivity contribution >= 4 is 129 Å². The molecule has 0 spiro atoms. The van der Waals surface area contributed by atoms with Crippen LogP contribution in [0.4, 0.5) is 0 Å². The van der Waals surface area contributed by atoms with Gasteiger partial charge in [0.25, 0.3) is 0 Å². The Hall–Kier alpha value is -2.72. The molecule has 40 heavy (non-hydrogen) atoms. The van der Waals surface area contributed by atoms with Crippen LogP contribution in [0.1, 0.15) is 20.9 Å². The Bertz CT molecular complexity index is 2380. The van der Waals surface area contributed by atoms with Crippen molar-refractivity contribution in [3.63, 3.8) is 0 Å². The molecule has 0 radical (unpaired) electrons. The van der Waals surface area contributed by atoms with Crippen molar-refractivity contribution in [3.8, 4) is 19.5 Å². The highest BCUT2D eigenvalue weighted by Gasteiger charge is 2.26. The second kappa shape index (κ2) is 7.97. The molecule has 9 rings (SSSR count). The van der Waals surface area contributed by atoms with Crippen molar-refractivity contribution in [2.75, 3.05) is 0 Å². The highest BCUT2D eigenvalue weighted by Crippen LogP contribution is 2.48. The maximum Gasteiger partial charge on any atom is 0.195 e. The highest BCUT2D eigenvalue weighted by molar-refractivity contribution is 7.33. The summed E-state index contributed by atoms with van der Waals surface area (Å²) < 4.78 is 7.24. The van der Waals surface area contributed by atoms with E-state index in [2.05, 4.69) is 50.2 Å². The molecule has 9 aromatic rings. The molecule has 0 fully saturated rings. The van der Waals surface area contributed by atoms with E-state index in [0.29, 0.717) is 0 Å². The van der Waals surface area contributed by atoms with E-state index in [-0.39, 0.29) is 10.9 Å². The maximum absolute atomic E-state index is 13.9. The van der Waals surface area contributed by atoms with Crippen molar-refractivity contribution < 1.29 is 0 Å². The second-order valence-electron chi connectivity index (χ2n) is 10.5. The highest BCUT2D eigenvalue weighted by atomic mass is 32.1. The molecule has 0 aliphatic carbocycles. The topological polar surface area (TPSA) is 34.1 Å². The predicted octanol–water partition coefficient (Wildman–Crippen LogP) is 11.1. The number of aryl methyl sites for hydroxylation is 4. The fraction of sp³-hybridized carbons (Fsp3) is 0.125. The van der Waals surface area contributed by atoms with E-state index in [4.69, 9.17) is 0 Å². The predicted molar refractivity (Wildman–Crippen MR) is 183 cm³/mol. The number of hydrogen-bond donors (Lipinski definition) is 0. The van der Waals surface area contributed by atoms with Crippen LogP contribution in [-0.2, 0) is 0 Å². The molecular weight excluding hydrogens is 609 g/mol. The second-order valence-corrected chi connectivity index (χ2v) is 17.4. The Kier molecular flexibility index (Phi) is 4.77. The molecule has 6 aromatic heterocycles. The molecule has 0 bridgehead atoms. The Morgan fingerprint density at radius 3 is 1.20 bits per heavy atom. The summed E-state index contributed by atoms with van der Waals surface area (Å²) in [7, 11) is 0. The molecule has 6 heterocycles. The van der Waals surface area contributed by atoms with Gasteiger partial charge in [-0.15, -0.1) is 68.0 Å². The van der Waals surface area contributed by atoms with Crippen LogP contribution in [0.25, 0.3) is 80.0 Å². The van der Waals surface area contributed by atoms with Crippen molar-refractivity contribution in [3.05, 3.63) is 77.7 Å². The summed E-state index contributed by atoms with van der Waals surface area (Å²) in [6.45, 7) is 8.35. The van der Waals surface area contributed by atoms with Crippen LogP contribution in [0, 0.1) is 27.7 Å². The quantitative estimate of drug-likeness (QED) is 0.191. The molecule has 3 aromatic carbocycles. The third-order valence-corrected chi connectivity index (χ3v) is 15.1. The average molecular weight is 627 g/mol. The molecule has 0 atom stereocenters. The van der Waals surface area contributed by atoms with Gasteiger partial charge in [-0.3, -0.25) is 9.59 Å². The lowest BCUT2D eigenvalue weighted by Gasteiger charge is -2.05. The first kappa shape index (κ1) is 23.9. The van der Waals surface area contributed by atoms with E-state index in [0.717, 1.165) is 62.6 Å². The van der Waals surface area contributed by atoms with Crippen LogP contribution in [-0.4, -0.2) is 0 Å². The SMILES string of the molecule is Cc1cc2sc(-c3cc4c(=O)c5c(C)c6c(c(C)c5c4s3)c(=O)c3cc(-c4cc5sc(C)cc5s4)sc36)cc2s1. The van der Waals surface area contributed by atoms with Crippen molar-refractivity contribution in [2.24, 2.45) is 0 Å². The number of thiophene rings is 6. The lowest BCUT2D eigenvalue weighted by atomic mass is 9.99. The van der Waals surface area contributed by atoms with Gasteiger partial charge < -0.3 is 0 Å². The summed E-state index contributed by atoms with van der Waals surface area (Å²) in [4.78, 5) is 35.2. The van der Waals surface area contributed by atoms with Gasteiger partial charge >= 0.3 is 0 Å². The van der Waals surface area contributed by atoms with Gasteiger partial charge in [0, 0.05) is 89.8 Å². The lowest BCUT2D eigenvalue weighted by Crippen LogP contribution is -2.00. The zero-order chi connectivity index (χ0) is 27.2. The fourth-order valence-corrected chi connectivity index (χ4v) is 13.6. The van der Waals surface area contributed by atoms with E-state index in [1.165, 1.54) is 38.3 Å². The van der Waals surface area contributed by atoms with Gasteiger partial charge in [0.1, 0.15) is 0 Å². The number of rotatable bonds is 2. The third-order valence-electron chi connectivity index (χ3n) is 8.01. The lowest BCUT2D eigenvalue weighted by molar-refractivity contribution is 1.55. The molecule has 0 aliphatic heterocycles. The van der Waals surface area contributed by atoms with Crippen LogP contribution in [0.5, 0.6) is 0 Å². The number of hydrogen-bond acceptors (Lipinski definition) is 8. The van der Waals surface area contributed by atoms with Crippen LogP contribution in [0.15, 0.2) is 46.0 Å². The Balaban J connectivity index is 1.29. The Morgan fingerprint density at radius 1 is 0.425 bits per heavy atom. The summed E-state index contributed by atoms with van der Waals surface area (Å²) in [5, 5.41) is 5.08. The maximum atomic E-state index is 13.9. The first-order chi connectivity index (χ1) is 19.3. The first-order valence-corrected chi connectivity index (χ1v) is 17.7. The van der Waals surface area contributed by atoms with Crippen LogP contribution >= 0.6 is 68.0 Å². The summed E-state index contributed by atoms with van der Waals surface area (Å²) in [5.74, 6) is 0. The zero-order valence-corrected chi connectivity index (χ0v) is 26.6. The molecule has 0 aliphatic rings. The van der Waals surface area contributed by atoms with Crippen molar-refractivity contribution in [1.29, 1.82) is 0 Å². The zero-order valence-electron chi connectivity index (χ0n) is 21.7. The van der Waals surface area contributed by atoms with Gasteiger partial charge in [-0.05, 0) is 75.2 Å². The van der Waals surface area contributed by atoms with Crippen molar-refractivity contribution in [2.45, 2.75) is 27.7 Å². The van der Waals surface area contributed by atoms with E-state index in [9.17, 15) is 9.59 Å². The van der Waals surface area contributed by atoms with Gasteiger partial charge in [0.15, 0.2) is 10.9 Å². The molecule has 0 saturated heterocycles. The normalized spacial score (nSPS) is 12.7. The minimum absolute atomic E-state index is 0.0941. The van der Waals surface area contributed by atoms with Gasteiger partial charge in [0.2, 0.25) is 0 Å². The molecule has 0 unspecified atom stereocenters. The minimum atomic E-state index is 0.0941. The number of benzene rings is 1. The van der Waals surface area contributed by atoms with Crippen LogP contribution in [0.3, 0.4) is 0 Å². The molecule has 194 valence electrons. The molecule has 0 N–H and O–H groups in total. The van der Waals surface area contributed by atoms with Crippen LogP contribution < -0.4 is 10.9 Å². The summed E-state index contributed by atoms with van der Waals surface area (Å²) >= 11 is 10.6. The largest absolute Gasteiger partial charge is 0.289 e. The van der Waals surface area contributed by atoms with Crippen LogP contribution in [0.2, 0.25) is 0 Å². The standard InChI is InChI=1S/C32H18O2S6/c1-11-5-17-21(35-11)9-23(37-17)19-7-15-29(33)25-14(4)28-26(13(3)27(25)31(15)39-19)30(34)16-8-20(40-32(16)28)24-10-22-18(38-24)6-12(2)36-22/h5-10H,1-4H3. The summed E-state index contributed by atoms with van der Waals surface area (Å²) in [6.07, 6.45) is 0. The monoisotopic (exact) mass is 626 g/mol. The molecular formula is C32H18O2S6. The molecule has 8 heteroatoms. The van der Waals surface area contributed by atoms with Gasteiger partial charge in [0.05, 0.1) is 0 Å². The van der Waals surface area contributed by atoms with E-state index in [1.54, 1.807) is 45.3 Å². The van der Waals surface area contributed by atoms with Gasteiger partial charge in [-0.2, -0.15) is 0 Å². The van der Waals surface area contributed by atoms with Gasteiger partial charge in [-0.1, -0.05) is 0 Å². The molecule has 2 nitrogen and oxygen atoms in total. The first-order valence-electron chi connectivity index (χ1n) is 12.8. The Labute approximate surface area is 251 Å². The summed E-state index contributed by atoms with van der Waals surface area (Å²) in [5.41, 5.74) is 2.08. The minimum Gasteiger partial charge on any atom is -0.289 e.